The number of rotatable bonds is 1. The van der Waals surface area contributed by atoms with Gasteiger partial charge >= 0.3 is 12.1 Å². The lowest BCUT2D eigenvalue weighted by Gasteiger charge is -2.33. The average Bonchev–Trinajstić information content (AvgIpc) is 2.48. The van der Waals surface area contributed by atoms with E-state index >= 15 is 0 Å². The SMILES string of the molecule is CC1C[C@H](C#C[Si](C)(C)C)N(C(=O)O)[C@]1(C)C(=O)O. The van der Waals surface area contributed by atoms with Gasteiger partial charge in [0.25, 0.3) is 0 Å². The van der Waals surface area contributed by atoms with Crippen molar-refractivity contribution in [3.63, 3.8) is 0 Å². The smallest absolute Gasteiger partial charge is 0.409 e. The van der Waals surface area contributed by atoms with Crippen molar-refractivity contribution in [2.75, 3.05) is 0 Å². The van der Waals surface area contributed by atoms with Crippen LogP contribution in [-0.4, -0.2) is 46.8 Å². The van der Waals surface area contributed by atoms with Crippen LogP contribution in [0.2, 0.25) is 19.6 Å². The quantitative estimate of drug-likeness (QED) is 0.570. The van der Waals surface area contributed by atoms with E-state index in [1.807, 2.05) is 0 Å². The fourth-order valence-corrected chi connectivity index (χ4v) is 2.90. The molecule has 1 unspecified atom stereocenters. The number of hydrogen-bond donors (Lipinski definition) is 2. The normalized spacial score (nSPS) is 30.7. The third-order valence-electron chi connectivity index (χ3n) is 3.60. The maximum absolute atomic E-state index is 11.5. The molecule has 0 aliphatic carbocycles. The monoisotopic (exact) mass is 283 g/mol. The molecule has 1 rings (SSSR count). The van der Waals surface area contributed by atoms with Gasteiger partial charge in [-0.15, -0.1) is 5.54 Å². The molecule has 3 atom stereocenters. The number of carbonyl (C=O) groups is 2. The predicted molar refractivity (Wildman–Crippen MR) is 74.6 cm³/mol. The molecular formula is C13H21NO4Si. The van der Waals surface area contributed by atoms with Gasteiger partial charge in [-0.25, -0.2) is 9.59 Å². The van der Waals surface area contributed by atoms with Crippen molar-refractivity contribution in [3.05, 3.63) is 0 Å². The lowest BCUT2D eigenvalue weighted by molar-refractivity contribution is -0.149. The van der Waals surface area contributed by atoms with Crippen LogP contribution in [-0.2, 0) is 4.79 Å². The summed E-state index contributed by atoms with van der Waals surface area (Å²) in [4.78, 5) is 23.9. The van der Waals surface area contributed by atoms with Gasteiger partial charge in [-0.1, -0.05) is 32.5 Å². The molecule has 0 saturated carbocycles. The fraction of sp³-hybridized carbons (Fsp3) is 0.692. The van der Waals surface area contributed by atoms with Crippen LogP contribution < -0.4 is 0 Å². The van der Waals surface area contributed by atoms with Crippen molar-refractivity contribution in [2.24, 2.45) is 5.92 Å². The average molecular weight is 283 g/mol. The Hall–Kier alpha value is -1.48. The zero-order valence-electron chi connectivity index (χ0n) is 12.0. The first kappa shape index (κ1) is 15.6. The van der Waals surface area contributed by atoms with Crippen LogP contribution in [0.4, 0.5) is 4.79 Å². The van der Waals surface area contributed by atoms with Gasteiger partial charge in [-0.3, -0.25) is 4.90 Å². The van der Waals surface area contributed by atoms with E-state index in [-0.39, 0.29) is 5.92 Å². The first-order chi connectivity index (χ1) is 8.50. The molecule has 1 heterocycles. The Morgan fingerprint density at radius 1 is 1.32 bits per heavy atom. The Labute approximate surface area is 114 Å². The third kappa shape index (κ3) is 2.92. The number of carboxylic acids is 1. The highest BCUT2D eigenvalue weighted by molar-refractivity contribution is 6.83. The Morgan fingerprint density at radius 2 is 1.84 bits per heavy atom. The lowest BCUT2D eigenvalue weighted by Crippen LogP contribution is -2.55. The Kier molecular flexibility index (Phi) is 4.01. The van der Waals surface area contributed by atoms with Crippen molar-refractivity contribution in [3.8, 4) is 11.5 Å². The molecule has 1 aliphatic heterocycles. The Balaban J connectivity index is 3.19. The van der Waals surface area contributed by atoms with E-state index < -0.39 is 31.7 Å². The van der Waals surface area contributed by atoms with Crippen LogP contribution in [0.1, 0.15) is 20.3 Å². The molecule has 6 heteroatoms. The molecule has 1 fully saturated rings. The highest BCUT2D eigenvalue weighted by Crippen LogP contribution is 2.39. The van der Waals surface area contributed by atoms with Crippen molar-refractivity contribution in [1.29, 1.82) is 0 Å². The molecule has 0 aromatic rings. The summed E-state index contributed by atoms with van der Waals surface area (Å²) in [5, 5.41) is 18.7. The molecular weight excluding hydrogens is 262 g/mol. The number of likely N-dealkylation sites (tertiary alicyclic amines) is 1. The first-order valence-corrected chi connectivity index (χ1v) is 9.78. The minimum absolute atomic E-state index is 0.262. The number of hydrogen-bond acceptors (Lipinski definition) is 2. The van der Waals surface area contributed by atoms with E-state index in [4.69, 9.17) is 0 Å². The van der Waals surface area contributed by atoms with E-state index in [0.717, 1.165) is 4.90 Å². The predicted octanol–water partition coefficient (Wildman–Crippen LogP) is 2.10. The molecule has 0 spiro atoms. The van der Waals surface area contributed by atoms with E-state index in [9.17, 15) is 19.8 Å². The molecule has 1 saturated heterocycles. The summed E-state index contributed by atoms with van der Waals surface area (Å²) in [6, 6.07) is -0.527. The van der Waals surface area contributed by atoms with Crippen LogP contribution in [0, 0.1) is 17.4 Å². The summed E-state index contributed by atoms with van der Waals surface area (Å²) in [5.41, 5.74) is 1.74. The van der Waals surface area contributed by atoms with Crippen molar-refractivity contribution >= 4 is 20.1 Å². The van der Waals surface area contributed by atoms with Crippen LogP contribution in [0.15, 0.2) is 0 Å². The largest absolute Gasteiger partial charge is 0.479 e. The molecule has 5 nitrogen and oxygen atoms in total. The Morgan fingerprint density at radius 3 is 2.21 bits per heavy atom. The highest BCUT2D eigenvalue weighted by Gasteiger charge is 2.55. The van der Waals surface area contributed by atoms with E-state index in [0.29, 0.717) is 6.42 Å². The van der Waals surface area contributed by atoms with E-state index in [2.05, 4.69) is 31.1 Å². The second-order valence-electron chi connectivity index (χ2n) is 6.28. The molecule has 19 heavy (non-hydrogen) atoms. The van der Waals surface area contributed by atoms with Crippen molar-refractivity contribution < 1.29 is 19.8 Å². The number of carboxylic acid groups (broad SMARTS) is 2. The van der Waals surface area contributed by atoms with Crippen molar-refractivity contribution in [1.82, 2.24) is 4.90 Å². The zero-order chi connectivity index (χ0) is 15.0. The fourth-order valence-electron chi connectivity index (χ4n) is 2.30. The minimum Gasteiger partial charge on any atom is -0.479 e. The number of nitrogens with zero attached hydrogens (tertiary/aromatic N) is 1. The van der Waals surface area contributed by atoms with Gasteiger partial charge in [0, 0.05) is 0 Å². The maximum Gasteiger partial charge on any atom is 0.409 e. The van der Waals surface area contributed by atoms with Crippen LogP contribution in [0.3, 0.4) is 0 Å². The van der Waals surface area contributed by atoms with Gasteiger partial charge in [0.1, 0.15) is 13.6 Å². The summed E-state index contributed by atoms with van der Waals surface area (Å²) >= 11 is 0. The lowest BCUT2D eigenvalue weighted by atomic mass is 9.88. The first-order valence-electron chi connectivity index (χ1n) is 6.28. The topological polar surface area (TPSA) is 77.8 Å². The van der Waals surface area contributed by atoms with Crippen LogP contribution >= 0.6 is 0 Å². The molecule has 0 aromatic carbocycles. The summed E-state index contributed by atoms with van der Waals surface area (Å²) in [6.07, 6.45) is -0.754. The second kappa shape index (κ2) is 4.89. The molecule has 2 N–H and O–H groups in total. The summed E-state index contributed by atoms with van der Waals surface area (Å²) in [7, 11) is -1.61. The van der Waals surface area contributed by atoms with Gasteiger partial charge in [-0.2, -0.15) is 0 Å². The standard InChI is InChI=1S/C13H21NO4Si/c1-9-8-10(6-7-19(3,4)5)14(12(17)18)13(9,2)11(15)16/h9-10H,8H2,1-5H3,(H,15,16)(H,17,18)/t9?,10-,13-/m0/s1. The minimum atomic E-state index is -1.61. The van der Waals surface area contributed by atoms with Gasteiger partial charge in [-0.05, 0) is 19.3 Å². The third-order valence-corrected chi connectivity index (χ3v) is 4.50. The second-order valence-corrected chi connectivity index (χ2v) is 11.0. The molecule has 1 aliphatic rings. The molecule has 0 aromatic heterocycles. The zero-order valence-corrected chi connectivity index (χ0v) is 13.0. The van der Waals surface area contributed by atoms with Gasteiger partial charge in [0.05, 0.1) is 6.04 Å². The van der Waals surface area contributed by atoms with Gasteiger partial charge in [0.2, 0.25) is 0 Å². The highest BCUT2D eigenvalue weighted by atomic mass is 28.3. The molecule has 0 radical (unpaired) electrons. The van der Waals surface area contributed by atoms with Gasteiger partial charge < -0.3 is 10.2 Å². The van der Waals surface area contributed by atoms with Crippen LogP contribution in [0.25, 0.3) is 0 Å². The maximum atomic E-state index is 11.5. The molecule has 0 bridgehead atoms. The summed E-state index contributed by atoms with van der Waals surface area (Å²) < 4.78 is 0. The number of amides is 1. The van der Waals surface area contributed by atoms with E-state index in [1.54, 1.807) is 6.92 Å². The number of aliphatic carboxylic acids is 1. The van der Waals surface area contributed by atoms with Gasteiger partial charge in [0.15, 0.2) is 0 Å². The van der Waals surface area contributed by atoms with E-state index in [1.165, 1.54) is 6.92 Å². The molecule has 106 valence electrons. The summed E-state index contributed by atoms with van der Waals surface area (Å²) in [6.45, 7) is 9.43. The van der Waals surface area contributed by atoms with Crippen molar-refractivity contribution in [2.45, 2.75) is 51.5 Å². The Bertz CT molecular complexity index is 459. The van der Waals surface area contributed by atoms with Crippen LogP contribution in [0.5, 0.6) is 0 Å². The molecule has 1 amide bonds. The summed E-state index contributed by atoms with van der Waals surface area (Å²) in [5.74, 6) is 1.61.